The van der Waals surface area contributed by atoms with Crippen LogP contribution >= 0.6 is 0 Å². The summed E-state index contributed by atoms with van der Waals surface area (Å²) in [6, 6.07) is 20.3. The number of hydrogen-bond acceptors (Lipinski definition) is 6. The van der Waals surface area contributed by atoms with Gasteiger partial charge in [0.05, 0.1) is 17.1 Å². The van der Waals surface area contributed by atoms with E-state index in [0.717, 1.165) is 17.5 Å². The molecule has 0 unspecified atom stereocenters. The van der Waals surface area contributed by atoms with Crippen molar-refractivity contribution in [2.75, 3.05) is 18.4 Å². The third-order valence-corrected chi connectivity index (χ3v) is 9.17. The number of nitriles is 1. The van der Waals surface area contributed by atoms with Crippen LogP contribution in [0, 0.1) is 17.2 Å². The van der Waals surface area contributed by atoms with Crippen molar-refractivity contribution in [1.82, 2.24) is 13.9 Å². The molecule has 2 aromatic carbocycles. The van der Waals surface area contributed by atoms with Crippen molar-refractivity contribution >= 4 is 32.5 Å². The van der Waals surface area contributed by atoms with Crippen molar-refractivity contribution in [3.05, 3.63) is 100 Å². The Bertz CT molecular complexity index is 1790. The Morgan fingerprint density at radius 1 is 1.00 bits per heavy atom. The van der Waals surface area contributed by atoms with E-state index in [0.29, 0.717) is 29.7 Å². The van der Waals surface area contributed by atoms with Gasteiger partial charge in [0.25, 0.3) is 11.5 Å². The molecule has 0 saturated carbocycles. The molecule has 1 amide bonds. The fourth-order valence-electron chi connectivity index (χ4n) is 5.51. The summed E-state index contributed by atoms with van der Waals surface area (Å²) in [5, 5.41) is 12.4. The summed E-state index contributed by atoms with van der Waals surface area (Å²) in [6.45, 7) is 0.930. The molecule has 6 rings (SSSR count). The molecule has 4 aromatic rings. The second-order valence-electron chi connectivity index (χ2n) is 9.68. The number of sulfonamides is 1. The maximum Gasteiger partial charge on any atom is 0.274 e. The number of amides is 1. The van der Waals surface area contributed by atoms with Gasteiger partial charge >= 0.3 is 0 Å². The van der Waals surface area contributed by atoms with Gasteiger partial charge in [-0.1, -0.05) is 18.2 Å². The number of rotatable bonds is 4. The summed E-state index contributed by atoms with van der Waals surface area (Å²) >= 11 is 0. The fourth-order valence-corrected chi connectivity index (χ4v) is 7.23. The zero-order chi connectivity index (χ0) is 26.4. The molecule has 4 heterocycles. The largest absolute Gasteiger partial charge is 0.317 e. The lowest BCUT2D eigenvalue weighted by Crippen LogP contribution is -2.49. The lowest BCUT2D eigenvalue weighted by Gasteiger charge is -2.42. The quantitative estimate of drug-likeness (QED) is 0.436. The number of nitrogens with one attached hydrogen (secondary N) is 1. The number of aromatic nitrogens is 2. The highest BCUT2D eigenvalue weighted by Crippen LogP contribution is 2.38. The van der Waals surface area contributed by atoms with E-state index in [-0.39, 0.29) is 34.5 Å². The molecule has 2 atom stereocenters. The number of nitrogens with zero attached hydrogens (tertiary/aromatic N) is 4. The molecule has 10 heteroatoms. The summed E-state index contributed by atoms with van der Waals surface area (Å²) in [7, 11) is -3.80. The minimum Gasteiger partial charge on any atom is -0.317 e. The molecule has 1 saturated heterocycles. The van der Waals surface area contributed by atoms with Crippen LogP contribution in [0.25, 0.3) is 10.9 Å². The summed E-state index contributed by atoms with van der Waals surface area (Å²) < 4.78 is 30.6. The van der Waals surface area contributed by atoms with E-state index in [4.69, 9.17) is 5.26 Å². The first-order valence-electron chi connectivity index (χ1n) is 12.2. The van der Waals surface area contributed by atoms with Crippen LogP contribution in [0.2, 0.25) is 0 Å². The van der Waals surface area contributed by atoms with Crippen LogP contribution in [0.4, 0.5) is 5.69 Å². The number of carbonyl (C=O) groups is 1. The van der Waals surface area contributed by atoms with Gasteiger partial charge in [0.15, 0.2) is 0 Å². The number of hydrogen-bond donors (Lipinski definition) is 1. The van der Waals surface area contributed by atoms with Gasteiger partial charge in [-0.05, 0) is 60.9 Å². The molecule has 1 N–H and O–H groups in total. The van der Waals surface area contributed by atoms with Crippen molar-refractivity contribution in [1.29, 1.82) is 5.26 Å². The number of pyridine rings is 2. The van der Waals surface area contributed by atoms with Gasteiger partial charge in [0.1, 0.15) is 10.6 Å². The molecule has 0 spiro atoms. The first-order chi connectivity index (χ1) is 18.3. The summed E-state index contributed by atoms with van der Waals surface area (Å²) in [5.41, 5.74) is 1.84. The van der Waals surface area contributed by atoms with Gasteiger partial charge in [-0.3, -0.25) is 14.6 Å². The minimum absolute atomic E-state index is 0.0406. The molecular formula is C28H23N5O4S. The van der Waals surface area contributed by atoms with Crippen molar-refractivity contribution < 1.29 is 13.2 Å². The smallest absolute Gasteiger partial charge is 0.274 e. The monoisotopic (exact) mass is 525 g/mol. The van der Waals surface area contributed by atoms with E-state index in [2.05, 4.69) is 10.3 Å². The summed E-state index contributed by atoms with van der Waals surface area (Å²) in [6.07, 6.45) is 2.38. The third-order valence-electron chi connectivity index (χ3n) is 7.31. The Kier molecular flexibility index (Phi) is 5.82. The van der Waals surface area contributed by atoms with Gasteiger partial charge in [-0.15, -0.1) is 0 Å². The van der Waals surface area contributed by atoms with Crippen LogP contribution in [-0.2, 0) is 16.6 Å². The molecule has 38 heavy (non-hydrogen) atoms. The zero-order valence-corrected chi connectivity index (χ0v) is 21.1. The highest BCUT2D eigenvalue weighted by molar-refractivity contribution is 7.89. The van der Waals surface area contributed by atoms with Gasteiger partial charge < -0.3 is 9.88 Å². The molecule has 2 bridgehead atoms. The maximum atomic E-state index is 13.7. The normalized spacial score (nSPS) is 18.9. The second kappa shape index (κ2) is 9.20. The lowest BCUT2D eigenvalue weighted by atomic mass is 9.84. The average Bonchev–Trinajstić information content (AvgIpc) is 2.94. The molecule has 0 aliphatic carbocycles. The maximum absolute atomic E-state index is 13.7. The predicted octanol–water partition coefficient (Wildman–Crippen LogP) is 3.33. The number of benzene rings is 2. The Hall–Kier alpha value is -4.33. The minimum atomic E-state index is -3.80. The average molecular weight is 526 g/mol. The third kappa shape index (κ3) is 4.06. The molecular weight excluding hydrogens is 502 g/mol. The first kappa shape index (κ1) is 24.0. The Morgan fingerprint density at radius 3 is 2.58 bits per heavy atom. The highest BCUT2D eigenvalue weighted by atomic mass is 32.2. The van der Waals surface area contributed by atoms with Crippen LogP contribution in [-0.4, -0.2) is 41.3 Å². The van der Waals surface area contributed by atoms with Crippen molar-refractivity contribution in [3.63, 3.8) is 0 Å². The fraction of sp³-hybridized carbons (Fsp3) is 0.214. The van der Waals surface area contributed by atoms with Gasteiger partial charge in [-0.2, -0.15) is 9.57 Å². The number of para-hydroxylation sites is 1. The van der Waals surface area contributed by atoms with E-state index in [1.807, 2.05) is 18.2 Å². The number of piperidine rings is 1. The van der Waals surface area contributed by atoms with Gasteiger partial charge in [-0.25, -0.2) is 8.42 Å². The zero-order valence-electron chi connectivity index (χ0n) is 20.2. The highest BCUT2D eigenvalue weighted by Gasteiger charge is 2.40. The number of fused-ring (bicyclic) bond motifs is 5. The topological polar surface area (TPSA) is 125 Å². The molecule has 190 valence electrons. The molecule has 0 radical (unpaired) electrons. The van der Waals surface area contributed by atoms with Crippen LogP contribution in [0.15, 0.2) is 82.6 Å². The van der Waals surface area contributed by atoms with E-state index >= 15 is 0 Å². The summed E-state index contributed by atoms with van der Waals surface area (Å²) in [4.78, 5) is 30.5. The number of carbonyl (C=O) groups excluding carboxylic acids is 1. The lowest BCUT2D eigenvalue weighted by molar-refractivity contribution is 0.102. The van der Waals surface area contributed by atoms with Crippen molar-refractivity contribution in [2.24, 2.45) is 5.92 Å². The SMILES string of the molecule is N#Cc1ccc(C(=O)Nc2ccc3n(c2=O)C[C@H]2C[C@@H]3CN(S(=O)(=O)c3cccc4cccnc34)C2)cc1. The van der Waals surface area contributed by atoms with Crippen molar-refractivity contribution in [3.8, 4) is 6.07 Å². The standard InChI is InChI=1S/C28H23N5O4S/c29-14-18-6-8-21(9-7-18)27(34)31-23-10-11-24-22-13-19(16-33(24)28(23)35)15-32(17-22)38(36,37)25-5-1-3-20-4-2-12-30-26(20)25/h1-12,19,22H,13,15-17H2,(H,31,34)/t19-,22+/m0/s1. The van der Waals surface area contributed by atoms with Crippen LogP contribution in [0.3, 0.4) is 0 Å². The van der Waals surface area contributed by atoms with E-state index in [1.54, 1.807) is 53.2 Å². The molecule has 9 nitrogen and oxygen atoms in total. The van der Waals surface area contributed by atoms with E-state index in [1.165, 1.54) is 16.4 Å². The summed E-state index contributed by atoms with van der Waals surface area (Å²) in [5.74, 6) is -0.624. The Balaban J connectivity index is 1.27. The molecule has 2 aromatic heterocycles. The van der Waals surface area contributed by atoms with Crippen molar-refractivity contribution in [2.45, 2.75) is 23.8 Å². The second-order valence-corrected chi connectivity index (χ2v) is 11.6. The predicted molar refractivity (Wildman–Crippen MR) is 141 cm³/mol. The van der Waals surface area contributed by atoms with E-state index < -0.39 is 15.9 Å². The van der Waals surface area contributed by atoms with Gasteiger partial charge in [0.2, 0.25) is 10.0 Å². The molecule has 2 aliphatic rings. The Morgan fingerprint density at radius 2 is 1.79 bits per heavy atom. The van der Waals surface area contributed by atoms with Gasteiger partial charge in [0, 0.05) is 48.4 Å². The Labute approximate surface area is 219 Å². The van der Waals surface area contributed by atoms with Crippen LogP contribution < -0.4 is 10.9 Å². The molecule has 2 aliphatic heterocycles. The first-order valence-corrected chi connectivity index (χ1v) is 13.7. The molecule has 1 fully saturated rings. The van der Waals surface area contributed by atoms with E-state index in [9.17, 15) is 18.0 Å². The number of anilines is 1. The van der Waals surface area contributed by atoms with Crippen LogP contribution in [0.1, 0.15) is 34.0 Å². The van der Waals surface area contributed by atoms with Crippen LogP contribution in [0.5, 0.6) is 0 Å².